The summed E-state index contributed by atoms with van der Waals surface area (Å²) in [7, 11) is 0. The smallest absolute Gasteiger partial charge is 0.0296 e. The molecule has 0 atom stereocenters. The second-order valence-electron chi connectivity index (χ2n) is 2.19. The highest BCUT2D eigenvalue weighted by atomic mass is 14.7. The monoisotopic (exact) mass is 152 g/mol. The molecule has 0 aromatic carbocycles. The minimum absolute atomic E-state index is 0.652. The van der Waals surface area contributed by atoms with E-state index in [2.05, 4.69) is 11.6 Å². The van der Waals surface area contributed by atoms with Crippen molar-refractivity contribution < 1.29 is 0 Å². The summed E-state index contributed by atoms with van der Waals surface area (Å²) >= 11 is 0. The van der Waals surface area contributed by atoms with E-state index in [0.717, 1.165) is 18.4 Å². The summed E-state index contributed by atoms with van der Waals surface area (Å²) in [5.41, 5.74) is 6.46. The number of aliphatic imine (C=N–C) groups is 1. The van der Waals surface area contributed by atoms with Crippen LogP contribution in [0, 0.1) is 0 Å². The summed E-state index contributed by atoms with van der Waals surface area (Å²) in [5.74, 6) is 0. The molecule has 0 aromatic heterocycles. The molecule has 0 saturated carbocycles. The maximum Gasteiger partial charge on any atom is 0.0296 e. The van der Waals surface area contributed by atoms with Gasteiger partial charge in [-0.15, -0.1) is 0 Å². The summed E-state index contributed by atoms with van der Waals surface area (Å²) in [6, 6.07) is 0. The molecule has 11 heavy (non-hydrogen) atoms. The molecule has 0 radical (unpaired) electrons. The van der Waals surface area contributed by atoms with Crippen LogP contribution in [-0.2, 0) is 0 Å². The van der Waals surface area contributed by atoms with E-state index in [0.29, 0.717) is 6.54 Å². The molecule has 2 heteroatoms. The van der Waals surface area contributed by atoms with E-state index in [-0.39, 0.29) is 0 Å². The molecule has 0 aliphatic rings. The fraction of sp³-hybridized carbons (Fsp3) is 0.444. The van der Waals surface area contributed by atoms with Crippen molar-refractivity contribution in [1.82, 2.24) is 0 Å². The van der Waals surface area contributed by atoms with Gasteiger partial charge in [0.05, 0.1) is 0 Å². The van der Waals surface area contributed by atoms with Gasteiger partial charge in [0.1, 0.15) is 0 Å². The van der Waals surface area contributed by atoms with Gasteiger partial charge in [-0.1, -0.05) is 19.6 Å². The first-order valence-corrected chi connectivity index (χ1v) is 3.88. The zero-order valence-electron chi connectivity index (χ0n) is 7.09. The van der Waals surface area contributed by atoms with Gasteiger partial charge in [-0.2, -0.15) is 0 Å². The van der Waals surface area contributed by atoms with Gasteiger partial charge >= 0.3 is 0 Å². The largest absolute Gasteiger partial charge is 0.330 e. The van der Waals surface area contributed by atoms with Crippen molar-refractivity contribution in [3.05, 3.63) is 24.4 Å². The van der Waals surface area contributed by atoms with E-state index in [1.54, 1.807) is 6.08 Å². The standard InChI is InChI=1S/C9H16N2/c1-3-7-11-8-9(4-2)5-6-10/h4,7-8H,2-3,5-6,10H2,1H3/b9-8+,11-7?. The van der Waals surface area contributed by atoms with Gasteiger partial charge < -0.3 is 5.73 Å². The molecule has 2 nitrogen and oxygen atoms in total. The highest BCUT2D eigenvalue weighted by Crippen LogP contribution is 2.00. The first-order valence-electron chi connectivity index (χ1n) is 3.88. The van der Waals surface area contributed by atoms with Crippen molar-refractivity contribution in [2.75, 3.05) is 6.54 Å². The molecule has 0 fully saturated rings. The van der Waals surface area contributed by atoms with E-state index in [9.17, 15) is 0 Å². The zero-order chi connectivity index (χ0) is 8.53. The van der Waals surface area contributed by atoms with Crippen LogP contribution in [0.1, 0.15) is 19.8 Å². The topological polar surface area (TPSA) is 38.4 Å². The van der Waals surface area contributed by atoms with Gasteiger partial charge in [0.15, 0.2) is 0 Å². The molecule has 0 spiro atoms. The molecule has 0 aromatic rings. The number of hydrogen-bond donors (Lipinski definition) is 1. The molecule has 62 valence electrons. The Morgan fingerprint density at radius 1 is 1.64 bits per heavy atom. The Morgan fingerprint density at radius 2 is 2.36 bits per heavy atom. The first kappa shape index (κ1) is 10.1. The van der Waals surface area contributed by atoms with E-state index in [4.69, 9.17) is 5.73 Å². The van der Waals surface area contributed by atoms with Gasteiger partial charge in [0, 0.05) is 12.4 Å². The van der Waals surface area contributed by atoms with Gasteiger partial charge in [0.2, 0.25) is 0 Å². The van der Waals surface area contributed by atoms with Gasteiger partial charge in [-0.3, -0.25) is 4.99 Å². The molecule has 0 rings (SSSR count). The van der Waals surface area contributed by atoms with Crippen molar-refractivity contribution in [2.24, 2.45) is 10.7 Å². The third kappa shape index (κ3) is 5.55. The molecular formula is C9H16N2. The van der Waals surface area contributed by atoms with Crippen molar-refractivity contribution in [1.29, 1.82) is 0 Å². The zero-order valence-corrected chi connectivity index (χ0v) is 7.09. The fourth-order valence-corrected chi connectivity index (χ4v) is 0.640. The van der Waals surface area contributed by atoms with Crippen molar-refractivity contribution in [3.8, 4) is 0 Å². The van der Waals surface area contributed by atoms with Crippen LogP contribution in [0.3, 0.4) is 0 Å². The van der Waals surface area contributed by atoms with Crippen LogP contribution in [0.15, 0.2) is 29.4 Å². The molecule has 2 N–H and O–H groups in total. The van der Waals surface area contributed by atoms with Crippen LogP contribution >= 0.6 is 0 Å². The number of allylic oxidation sites excluding steroid dienone is 1. The Kier molecular flexibility index (Phi) is 6.64. The SMILES string of the molecule is C=C/C(=C\N=CCC)CCN. The number of nitrogens with zero attached hydrogens (tertiary/aromatic N) is 1. The Morgan fingerprint density at radius 3 is 2.82 bits per heavy atom. The van der Waals surface area contributed by atoms with Gasteiger partial charge in [-0.25, -0.2) is 0 Å². The van der Waals surface area contributed by atoms with Crippen LogP contribution < -0.4 is 5.73 Å². The third-order valence-corrected chi connectivity index (χ3v) is 1.22. The molecule has 0 unspecified atom stereocenters. The summed E-state index contributed by atoms with van der Waals surface area (Å²) < 4.78 is 0. The van der Waals surface area contributed by atoms with Crippen LogP contribution in [0.4, 0.5) is 0 Å². The first-order chi connectivity index (χ1) is 5.35. The molecule has 0 bridgehead atoms. The lowest BCUT2D eigenvalue weighted by Gasteiger charge is -1.94. The maximum atomic E-state index is 5.37. The lowest BCUT2D eigenvalue weighted by atomic mass is 10.2. The van der Waals surface area contributed by atoms with E-state index in [1.807, 2.05) is 19.3 Å². The average Bonchev–Trinajstić information content (AvgIpc) is 2.03. The Hall–Kier alpha value is -0.890. The number of hydrogen-bond acceptors (Lipinski definition) is 2. The van der Waals surface area contributed by atoms with E-state index in [1.165, 1.54) is 0 Å². The lowest BCUT2D eigenvalue weighted by Crippen LogP contribution is -1.98. The number of rotatable bonds is 5. The summed E-state index contributed by atoms with van der Waals surface area (Å²) in [4.78, 5) is 4.07. The Balaban J connectivity index is 3.89. The molecule has 0 aliphatic carbocycles. The Labute approximate surface area is 68.5 Å². The van der Waals surface area contributed by atoms with Crippen LogP contribution in [0.25, 0.3) is 0 Å². The van der Waals surface area contributed by atoms with Crippen molar-refractivity contribution >= 4 is 6.21 Å². The molecule has 0 aliphatic heterocycles. The summed E-state index contributed by atoms with van der Waals surface area (Å²) in [5, 5.41) is 0. The summed E-state index contributed by atoms with van der Waals surface area (Å²) in [6.45, 7) is 6.36. The predicted molar refractivity (Wildman–Crippen MR) is 50.7 cm³/mol. The van der Waals surface area contributed by atoms with Gasteiger partial charge in [-0.05, 0) is 25.0 Å². The van der Waals surface area contributed by atoms with Crippen LogP contribution in [0.2, 0.25) is 0 Å². The second-order valence-corrected chi connectivity index (χ2v) is 2.19. The van der Waals surface area contributed by atoms with E-state index < -0.39 is 0 Å². The van der Waals surface area contributed by atoms with Crippen LogP contribution in [-0.4, -0.2) is 12.8 Å². The molecule has 0 heterocycles. The molecule has 0 saturated heterocycles. The Bertz CT molecular complexity index is 157. The highest BCUT2D eigenvalue weighted by Gasteiger charge is 1.86. The normalized spacial score (nSPS) is 12.4. The van der Waals surface area contributed by atoms with Gasteiger partial charge in [0.25, 0.3) is 0 Å². The minimum atomic E-state index is 0.652. The minimum Gasteiger partial charge on any atom is -0.330 e. The van der Waals surface area contributed by atoms with Crippen LogP contribution in [0.5, 0.6) is 0 Å². The second kappa shape index (κ2) is 7.22. The lowest BCUT2D eigenvalue weighted by molar-refractivity contribution is 0.970. The molecule has 0 amide bonds. The molecular weight excluding hydrogens is 136 g/mol. The fourth-order valence-electron chi connectivity index (χ4n) is 0.640. The van der Waals surface area contributed by atoms with E-state index >= 15 is 0 Å². The number of nitrogens with two attached hydrogens (primary N) is 1. The summed E-state index contributed by atoms with van der Waals surface area (Å²) in [6.07, 6.45) is 7.28. The average molecular weight is 152 g/mol. The highest BCUT2D eigenvalue weighted by molar-refractivity contribution is 5.57. The maximum absolute atomic E-state index is 5.37. The van der Waals surface area contributed by atoms with Crippen molar-refractivity contribution in [3.63, 3.8) is 0 Å². The predicted octanol–water partition coefficient (Wildman–Crippen LogP) is 1.89. The van der Waals surface area contributed by atoms with Crippen molar-refractivity contribution in [2.45, 2.75) is 19.8 Å². The quantitative estimate of drug-likeness (QED) is 0.474. The third-order valence-electron chi connectivity index (χ3n) is 1.22.